The van der Waals surface area contributed by atoms with E-state index in [9.17, 15) is 4.79 Å². The third-order valence-electron chi connectivity index (χ3n) is 4.77. The van der Waals surface area contributed by atoms with Gasteiger partial charge in [0.1, 0.15) is 0 Å². The fourth-order valence-corrected chi connectivity index (χ4v) is 3.35. The highest BCUT2D eigenvalue weighted by Gasteiger charge is 2.21. The lowest BCUT2D eigenvalue weighted by Gasteiger charge is -2.14. The third kappa shape index (κ3) is 3.34. The monoisotopic (exact) mass is 372 g/mol. The van der Waals surface area contributed by atoms with Crippen molar-refractivity contribution in [2.45, 2.75) is 6.42 Å². The molecule has 3 aromatic carbocycles. The largest absolute Gasteiger partial charge is 0.493 e. The second-order valence-electron chi connectivity index (χ2n) is 6.48. The maximum atomic E-state index is 12.1. The number of nitrogens with one attached hydrogen (secondary N) is 1. The molecule has 1 aliphatic heterocycles. The zero-order valence-corrected chi connectivity index (χ0v) is 15.7. The lowest BCUT2D eigenvalue weighted by molar-refractivity contribution is -0.120. The van der Waals surface area contributed by atoms with Crippen LogP contribution in [-0.4, -0.2) is 25.8 Å². The van der Waals surface area contributed by atoms with Crippen molar-refractivity contribution in [3.8, 4) is 22.6 Å². The summed E-state index contributed by atoms with van der Waals surface area (Å²) in [6.07, 6.45) is 0.227. The summed E-state index contributed by atoms with van der Waals surface area (Å²) in [4.78, 5) is 12.1. The van der Waals surface area contributed by atoms with E-state index in [-0.39, 0.29) is 12.3 Å². The Morgan fingerprint density at radius 2 is 1.43 bits per heavy atom. The Kier molecular flexibility index (Phi) is 4.81. The van der Waals surface area contributed by atoms with Crippen LogP contribution in [0.3, 0.4) is 0 Å². The fraction of sp³-hybridized carbons (Fsp3) is 0.130. The van der Waals surface area contributed by atoms with Gasteiger partial charge in [0.2, 0.25) is 5.91 Å². The molecule has 28 heavy (non-hydrogen) atoms. The van der Waals surface area contributed by atoms with Gasteiger partial charge < -0.3 is 9.47 Å². The standard InChI is InChI=1S/C23H20N2O3/c1-27-20-12-18-13-22(26)24-25-23(19(18)14-21(20)28-2)17-10-8-16(9-11-17)15-6-4-3-5-7-15/h3-12,14H,13H2,1-2H3,(H,24,26). The van der Waals surface area contributed by atoms with Crippen molar-refractivity contribution in [2.24, 2.45) is 5.10 Å². The number of amides is 1. The van der Waals surface area contributed by atoms with E-state index in [1.54, 1.807) is 14.2 Å². The minimum atomic E-state index is -0.163. The molecule has 1 N–H and O–H groups in total. The molecule has 0 saturated carbocycles. The third-order valence-corrected chi connectivity index (χ3v) is 4.77. The first-order chi connectivity index (χ1) is 13.7. The van der Waals surface area contributed by atoms with Crippen LogP contribution in [0.2, 0.25) is 0 Å². The summed E-state index contributed by atoms with van der Waals surface area (Å²) in [6, 6.07) is 22.0. The number of carbonyl (C=O) groups is 1. The molecular weight excluding hydrogens is 352 g/mol. The van der Waals surface area contributed by atoms with Gasteiger partial charge >= 0.3 is 0 Å². The Hall–Kier alpha value is -3.60. The smallest absolute Gasteiger partial charge is 0.244 e. The Balaban J connectivity index is 1.79. The summed E-state index contributed by atoms with van der Waals surface area (Å²) in [7, 11) is 3.17. The predicted octanol–water partition coefficient (Wildman–Crippen LogP) is 3.80. The first-order valence-corrected chi connectivity index (χ1v) is 8.97. The van der Waals surface area contributed by atoms with Crippen LogP contribution < -0.4 is 14.9 Å². The Labute approximate surface area is 163 Å². The van der Waals surface area contributed by atoms with Crippen molar-refractivity contribution in [1.82, 2.24) is 5.43 Å². The van der Waals surface area contributed by atoms with E-state index in [4.69, 9.17) is 9.47 Å². The Morgan fingerprint density at radius 3 is 2.11 bits per heavy atom. The highest BCUT2D eigenvalue weighted by molar-refractivity contribution is 6.15. The second-order valence-corrected chi connectivity index (χ2v) is 6.48. The molecule has 0 aliphatic carbocycles. The maximum absolute atomic E-state index is 12.1. The van der Waals surface area contributed by atoms with E-state index < -0.39 is 0 Å². The molecule has 1 amide bonds. The van der Waals surface area contributed by atoms with Gasteiger partial charge in [-0.05, 0) is 28.8 Å². The normalized spacial score (nSPS) is 13.1. The average Bonchev–Trinajstić information content (AvgIpc) is 2.91. The lowest BCUT2D eigenvalue weighted by atomic mass is 9.94. The van der Waals surface area contributed by atoms with E-state index in [0.29, 0.717) is 17.2 Å². The minimum Gasteiger partial charge on any atom is -0.493 e. The van der Waals surface area contributed by atoms with E-state index in [1.165, 1.54) is 0 Å². The zero-order chi connectivity index (χ0) is 19.5. The molecule has 0 radical (unpaired) electrons. The summed E-state index contributed by atoms with van der Waals surface area (Å²) >= 11 is 0. The van der Waals surface area contributed by atoms with Crippen molar-refractivity contribution >= 4 is 11.6 Å². The van der Waals surface area contributed by atoms with Crippen molar-refractivity contribution in [3.63, 3.8) is 0 Å². The topological polar surface area (TPSA) is 59.9 Å². The molecule has 4 rings (SSSR count). The summed E-state index contributed by atoms with van der Waals surface area (Å²) in [6.45, 7) is 0. The van der Waals surface area contributed by atoms with Crippen molar-refractivity contribution in [1.29, 1.82) is 0 Å². The van der Waals surface area contributed by atoms with Crippen molar-refractivity contribution in [2.75, 3.05) is 14.2 Å². The van der Waals surface area contributed by atoms with E-state index in [2.05, 4.69) is 34.8 Å². The predicted molar refractivity (Wildman–Crippen MR) is 109 cm³/mol. The molecule has 5 nitrogen and oxygen atoms in total. The van der Waals surface area contributed by atoms with Crippen LogP contribution in [0, 0.1) is 0 Å². The van der Waals surface area contributed by atoms with Gasteiger partial charge in [0.15, 0.2) is 11.5 Å². The van der Waals surface area contributed by atoms with Gasteiger partial charge in [0.05, 0.1) is 26.4 Å². The quantitative estimate of drug-likeness (QED) is 0.758. The van der Waals surface area contributed by atoms with Crippen molar-refractivity contribution in [3.05, 3.63) is 83.4 Å². The van der Waals surface area contributed by atoms with E-state index >= 15 is 0 Å². The van der Waals surface area contributed by atoms with Crippen LogP contribution in [0.5, 0.6) is 11.5 Å². The number of carbonyl (C=O) groups excluding carboxylic acids is 1. The van der Waals surface area contributed by atoms with Gasteiger partial charge in [-0.25, -0.2) is 5.43 Å². The highest BCUT2D eigenvalue weighted by Crippen LogP contribution is 2.33. The van der Waals surface area contributed by atoms with Gasteiger partial charge in [0.25, 0.3) is 0 Å². The fourth-order valence-electron chi connectivity index (χ4n) is 3.35. The van der Waals surface area contributed by atoms with Crippen LogP contribution >= 0.6 is 0 Å². The molecule has 5 heteroatoms. The van der Waals surface area contributed by atoms with Gasteiger partial charge in [-0.15, -0.1) is 0 Å². The van der Waals surface area contributed by atoms with Crippen LogP contribution in [0.25, 0.3) is 11.1 Å². The van der Waals surface area contributed by atoms with Gasteiger partial charge in [0, 0.05) is 11.1 Å². The molecule has 0 fully saturated rings. The zero-order valence-electron chi connectivity index (χ0n) is 15.7. The molecular formula is C23H20N2O3. The highest BCUT2D eigenvalue weighted by atomic mass is 16.5. The molecule has 0 spiro atoms. The number of ether oxygens (including phenoxy) is 2. The summed E-state index contributed by atoms with van der Waals surface area (Å²) < 4.78 is 10.8. The molecule has 0 bridgehead atoms. The van der Waals surface area contributed by atoms with Gasteiger partial charge in [-0.3, -0.25) is 4.79 Å². The van der Waals surface area contributed by atoms with Crippen LogP contribution in [-0.2, 0) is 11.2 Å². The molecule has 140 valence electrons. The number of rotatable bonds is 4. The average molecular weight is 372 g/mol. The van der Waals surface area contributed by atoms with E-state index in [1.807, 2.05) is 42.5 Å². The van der Waals surface area contributed by atoms with E-state index in [0.717, 1.165) is 27.8 Å². The molecule has 0 atom stereocenters. The SMILES string of the molecule is COc1cc2c(cc1OC)C(c1ccc(-c3ccccc3)cc1)=NNC(=O)C2. The van der Waals surface area contributed by atoms with Gasteiger partial charge in [-0.2, -0.15) is 5.10 Å². The maximum Gasteiger partial charge on any atom is 0.244 e. The second kappa shape index (κ2) is 7.56. The van der Waals surface area contributed by atoms with Crippen LogP contribution in [0.1, 0.15) is 16.7 Å². The lowest BCUT2D eigenvalue weighted by Crippen LogP contribution is -2.18. The molecule has 1 heterocycles. The summed E-state index contributed by atoms with van der Waals surface area (Å²) in [5.41, 5.74) is 8.20. The number of nitrogens with zero attached hydrogens (tertiary/aromatic N) is 1. The number of benzene rings is 3. The molecule has 3 aromatic rings. The summed E-state index contributed by atoms with van der Waals surface area (Å²) in [5, 5.41) is 4.37. The van der Waals surface area contributed by atoms with Gasteiger partial charge in [-0.1, -0.05) is 54.6 Å². The number of methoxy groups -OCH3 is 2. The molecule has 0 saturated heterocycles. The molecule has 1 aliphatic rings. The number of hydrogen-bond acceptors (Lipinski definition) is 4. The number of hydrazone groups is 1. The first-order valence-electron chi connectivity index (χ1n) is 8.97. The Morgan fingerprint density at radius 1 is 0.821 bits per heavy atom. The molecule has 0 unspecified atom stereocenters. The van der Waals surface area contributed by atoms with Crippen molar-refractivity contribution < 1.29 is 14.3 Å². The summed E-state index contributed by atoms with van der Waals surface area (Å²) in [5.74, 6) is 1.03. The Bertz CT molecular complexity index is 1040. The molecule has 0 aromatic heterocycles. The number of fused-ring (bicyclic) bond motifs is 1. The number of hydrogen-bond donors (Lipinski definition) is 1. The first kappa shape index (κ1) is 17.8. The van der Waals surface area contributed by atoms with Crippen LogP contribution in [0.15, 0.2) is 71.8 Å². The minimum absolute atomic E-state index is 0.163. The van der Waals surface area contributed by atoms with Crippen LogP contribution in [0.4, 0.5) is 0 Å².